The number of allylic oxidation sites excluding steroid dienone is 2. The lowest BCUT2D eigenvalue weighted by Gasteiger charge is -2.46. The zero-order valence-corrected chi connectivity index (χ0v) is 42.2. The Morgan fingerprint density at radius 1 is 0.576 bits per heavy atom. The molecule has 2 rings (SSSR count). The summed E-state index contributed by atoms with van der Waals surface area (Å²) >= 11 is 0. The SMILES string of the molecule is CCCCCCCCCCCCCCC[C@@H](O[Si](c1ccccc1)(c1ccccc1)C(C)(C)C)[C@H](C)C[C@H](C)C[C@H](C)C[C@H](C)C/C(C)=C/[C@H](C)C[C@H](C)C[C@H](C)CO. The average Bonchev–Trinajstić information content (AvgIpc) is 3.17. The van der Waals surface area contributed by atoms with Gasteiger partial charge in [0.15, 0.2) is 0 Å². The molecule has 0 saturated heterocycles. The maximum Gasteiger partial charge on any atom is 0.261 e. The van der Waals surface area contributed by atoms with Gasteiger partial charge in [-0.3, -0.25) is 0 Å². The molecule has 0 fully saturated rings. The van der Waals surface area contributed by atoms with Gasteiger partial charge in [0.1, 0.15) is 0 Å². The van der Waals surface area contributed by atoms with E-state index < -0.39 is 8.32 Å². The zero-order chi connectivity index (χ0) is 43.7. The fraction of sp³-hybridized carbons (Fsp3) is 0.750. The van der Waals surface area contributed by atoms with E-state index in [4.69, 9.17) is 4.43 Å². The van der Waals surface area contributed by atoms with E-state index in [2.05, 4.69) is 150 Å². The molecule has 0 bridgehead atoms. The molecule has 0 spiro atoms. The number of hydrogen-bond donors (Lipinski definition) is 1. The molecule has 0 radical (unpaired) electrons. The van der Waals surface area contributed by atoms with Gasteiger partial charge in [0, 0.05) is 12.7 Å². The number of aliphatic hydroxyl groups is 1. The van der Waals surface area contributed by atoms with E-state index in [1.165, 1.54) is 126 Å². The molecule has 0 heterocycles. The second kappa shape index (κ2) is 29.6. The molecule has 1 N–H and O–H groups in total. The van der Waals surface area contributed by atoms with Crippen molar-refractivity contribution in [3.63, 3.8) is 0 Å². The number of hydrogen-bond acceptors (Lipinski definition) is 2. The molecule has 0 aliphatic carbocycles. The molecule has 8 atom stereocenters. The van der Waals surface area contributed by atoms with Crippen molar-refractivity contribution in [2.75, 3.05) is 6.61 Å². The first-order valence-corrected chi connectivity index (χ1v) is 27.1. The van der Waals surface area contributed by atoms with Gasteiger partial charge < -0.3 is 9.53 Å². The first-order valence-electron chi connectivity index (χ1n) is 25.2. The van der Waals surface area contributed by atoms with Gasteiger partial charge in [-0.25, -0.2) is 0 Å². The number of rotatable bonds is 33. The van der Waals surface area contributed by atoms with Crippen LogP contribution >= 0.6 is 0 Å². The smallest absolute Gasteiger partial charge is 0.261 e. The van der Waals surface area contributed by atoms with Crippen LogP contribution in [0.4, 0.5) is 0 Å². The maximum absolute atomic E-state index is 9.48. The van der Waals surface area contributed by atoms with Crippen molar-refractivity contribution in [3.8, 4) is 0 Å². The molecular formula is C56H98O2Si. The third kappa shape index (κ3) is 20.8. The van der Waals surface area contributed by atoms with Crippen LogP contribution in [0.2, 0.25) is 5.04 Å². The Bertz CT molecular complexity index is 1290. The Labute approximate surface area is 369 Å². The van der Waals surface area contributed by atoms with Gasteiger partial charge in [0.25, 0.3) is 8.32 Å². The Morgan fingerprint density at radius 2 is 1.00 bits per heavy atom. The monoisotopic (exact) mass is 831 g/mol. The highest BCUT2D eigenvalue weighted by atomic mass is 28.4. The summed E-state index contributed by atoms with van der Waals surface area (Å²) in [6, 6.07) is 22.7. The molecule has 2 nitrogen and oxygen atoms in total. The Hall–Kier alpha value is -1.68. The molecule has 0 aliphatic heterocycles. The minimum absolute atomic E-state index is 0.0128. The van der Waals surface area contributed by atoms with E-state index >= 15 is 0 Å². The van der Waals surface area contributed by atoms with Gasteiger partial charge in [-0.15, -0.1) is 0 Å². The van der Waals surface area contributed by atoms with Crippen LogP contribution in [0.15, 0.2) is 72.3 Å². The van der Waals surface area contributed by atoms with Gasteiger partial charge in [-0.1, -0.05) is 232 Å². The van der Waals surface area contributed by atoms with Gasteiger partial charge >= 0.3 is 0 Å². The summed E-state index contributed by atoms with van der Waals surface area (Å²) in [6.45, 7) is 29.2. The van der Waals surface area contributed by atoms with Crippen LogP contribution in [-0.2, 0) is 4.43 Å². The molecule has 2 aromatic rings. The van der Waals surface area contributed by atoms with Gasteiger partial charge in [-0.05, 0) is 109 Å². The van der Waals surface area contributed by atoms with Crippen LogP contribution < -0.4 is 10.4 Å². The summed E-state index contributed by atoms with van der Waals surface area (Å²) < 4.78 is 7.96. The zero-order valence-electron chi connectivity index (χ0n) is 41.2. The maximum atomic E-state index is 9.48. The first kappa shape index (κ1) is 53.5. The lowest BCUT2D eigenvalue weighted by molar-refractivity contribution is 0.102. The lowest BCUT2D eigenvalue weighted by atomic mass is 9.82. The highest BCUT2D eigenvalue weighted by molar-refractivity contribution is 6.99. The molecule has 0 aromatic heterocycles. The van der Waals surface area contributed by atoms with E-state index in [0.717, 1.165) is 18.8 Å². The van der Waals surface area contributed by atoms with Crippen LogP contribution in [0.3, 0.4) is 0 Å². The first-order chi connectivity index (χ1) is 28.1. The van der Waals surface area contributed by atoms with E-state index in [1.807, 2.05) is 0 Å². The normalized spacial score (nSPS) is 16.9. The van der Waals surface area contributed by atoms with Gasteiger partial charge in [-0.2, -0.15) is 0 Å². The van der Waals surface area contributed by atoms with Crippen LogP contribution in [0, 0.1) is 41.4 Å². The van der Waals surface area contributed by atoms with Crippen molar-refractivity contribution in [3.05, 3.63) is 72.3 Å². The molecule has 338 valence electrons. The summed E-state index contributed by atoms with van der Waals surface area (Å²) in [5, 5.41) is 12.3. The predicted molar refractivity (Wildman–Crippen MR) is 265 cm³/mol. The van der Waals surface area contributed by atoms with Crippen molar-refractivity contribution >= 4 is 18.7 Å². The summed E-state index contributed by atoms with van der Waals surface area (Å²) in [6.07, 6.45) is 29.3. The molecule has 0 aliphatic rings. The third-order valence-corrected chi connectivity index (χ3v) is 18.5. The highest BCUT2D eigenvalue weighted by Crippen LogP contribution is 2.40. The molecule has 0 unspecified atom stereocenters. The summed E-state index contributed by atoms with van der Waals surface area (Å²) in [5.41, 5.74) is 1.55. The van der Waals surface area contributed by atoms with Gasteiger partial charge in [0.05, 0.1) is 0 Å². The minimum Gasteiger partial charge on any atom is -0.404 e. The summed E-state index contributed by atoms with van der Waals surface area (Å²) in [5.74, 6) is 4.24. The molecule has 59 heavy (non-hydrogen) atoms. The fourth-order valence-corrected chi connectivity index (χ4v) is 15.7. The van der Waals surface area contributed by atoms with Crippen LogP contribution in [0.1, 0.15) is 212 Å². The van der Waals surface area contributed by atoms with Gasteiger partial charge in [0.2, 0.25) is 0 Å². The number of benzene rings is 2. The number of unbranched alkanes of at least 4 members (excludes halogenated alkanes) is 12. The van der Waals surface area contributed by atoms with Crippen molar-refractivity contribution in [1.82, 2.24) is 0 Å². The Kier molecular flexibility index (Phi) is 26.8. The fourth-order valence-electron chi connectivity index (χ4n) is 10.8. The van der Waals surface area contributed by atoms with Crippen molar-refractivity contribution in [1.29, 1.82) is 0 Å². The highest BCUT2D eigenvalue weighted by Gasteiger charge is 2.51. The summed E-state index contributed by atoms with van der Waals surface area (Å²) in [7, 11) is -2.65. The number of aliphatic hydroxyl groups excluding tert-OH is 1. The van der Waals surface area contributed by atoms with E-state index in [9.17, 15) is 5.11 Å². The third-order valence-electron chi connectivity index (χ3n) is 13.5. The van der Waals surface area contributed by atoms with E-state index in [0.29, 0.717) is 42.1 Å². The Balaban J connectivity index is 2.10. The Morgan fingerprint density at radius 3 is 1.47 bits per heavy atom. The topological polar surface area (TPSA) is 29.5 Å². The van der Waals surface area contributed by atoms with Crippen LogP contribution in [0.25, 0.3) is 0 Å². The second-order valence-corrected chi connectivity index (χ2v) is 25.7. The molecular weight excluding hydrogens is 733 g/mol. The van der Waals surface area contributed by atoms with Crippen molar-refractivity contribution < 1.29 is 9.53 Å². The second-order valence-electron chi connectivity index (χ2n) is 21.4. The van der Waals surface area contributed by atoms with E-state index in [1.54, 1.807) is 5.57 Å². The van der Waals surface area contributed by atoms with Crippen molar-refractivity contribution in [2.45, 2.75) is 223 Å². The summed E-state index contributed by atoms with van der Waals surface area (Å²) in [4.78, 5) is 0. The van der Waals surface area contributed by atoms with Crippen LogP contribution in [-0.4, -0.2) is 26.1 Å². The van der Waals surface area contributed by atoms with E-state index in [-0.39, 0.29) is 11.1 Å². The van der Waals surface area contributed by atoms with Crippen LogP contribution in [0.5, 0.6) is 0 Å². The quantitative estimate of drug-likeness (QED) is 0.0441. The lowest BCUT2D eigenvalue weighted by Crippen LogP contribution is -2.68. The largest absolute Gasteiger partial charge is 0.404 e. The molecule has 0 amide bonds. The molecule has 0 saturated carbocycles. The minimum atomic E-state index is -2.65. The molecule has 2 aromatic carbocycles. The van der Waals surface area contributed by atoms with Crippen molar-refractivity contribution in [2.24, 2.45) is 41.4 Å². The predicted octanol–water partition coefficient (Wildman–Crippen LogP) is 16.1. The standard InChI is InChI=1S/C56H98O2Si/c1-13-14-15-16-17-18-19-20-21-22-23-24-31-36-55(58-59(56(10,11)12,53-32-27-25-28-33-53)54-34-29-26-30-35-54)52(9)43-50(7)41-48(5)39-46(3)37-45(2)38-47(4)40-49(6)42-51(8)44-57/h25-30,32-35,38,46-52,55,57H,13-24,31,36-37,39-44H2,1-12H3/b45-38+/t46-,47+,48-,49+,50-,51+,52-,55-/m1/s1. The molecule has 3 heteroatoms. The average molecular weight is 831 g/mol.